The van der Waals surface area contributed by atoms with Gasteiger partial charge in [0, 0.05) is 40.3 Å². The number of rotatable bonds is 6. The van der Waals surface area contributed by atoms with E-state index in [4.69, 9.17) is 22.4 Å². The number of halogens is 1. The van der Waals surface area contributed by atoms with E-state index in [0.29, 0.717) is 23.2 Å². The number of benzene rings is 1. The minimum absolute atomic E-state index is 0.362. The summed E-state index contributed by atoms with van der Waals surface area (Å²) in [4.78, 5) is 13.3. The summed E-state index contributed by atoms with van der Waals surface area (Å²) in [6.07, 6.45) is 5.50. The molecule has 0 aliphatic rings. The Kier molecular flexibility index (Phi) is 6.54. The summed E-state index contributed by atoms with van der Waals surface area (Å²) in [5.41, 5.74) is 14.1. The standard InChI is InChI=1S/C29H30ClN7O/c1-17-6-7-20(28(31)34-25-10-9-22(30)13-32-25)12-23(17)24-14-33-26-11-8-21(15-36(24)26)27-18(2)35-37(19(27)3)16-29(4,5)38/h6-15,38H,16H2,1-5H3,(H2,31,32,34). The molecule has 5 rings (SSSR count). The Morgan fingerprint density at radius 3 is 2.55 bits per heavy atom. The van der Waals surface area contributed by atoms with Gasteiger partial charge in [0.2, 0.25) is 0 Å². The number of hydrogen-bond acceptors (Lipinski definition) is 5. The number of nitrogens with zero attached hydrogens (tertiary/aromatic N) is 6. The van der Waals surface area contributed by atoms with Crippen LogP contribution in [0.3, 0.4) is 0 Å². The SMILES string of the molecule is Cc1ccc(C(N)=Nc2ccc(Cl)cn2)cc1-c1cnc2ccc(-c3c(C)nn(CC(C)(C)O)c3C)cn12. The molecule has 4 heterocycles. The van der Waals surface area contributed by atoms with E-state index in [-0.39, 0.29) is 0 Å². The molecule has 0 saturated carbocycles. The Morgan fingerprint density at radius 2 is 1.84 bits per heavy atom. The number of fused-ring (bicyclic) bond motifs is 1. The van der Waals surface area contributed by atoms with Crippen molar-refractivity contribution in [1.82, 2.24) is 24.1 Å². The summed E-state index contributed by atoms with van der Waals surface area (Å²) in [5, 5.41) is 15.6. The number of hydrogen-bond donors (Lipinski definition) is 2. The molecule has 0 radical (unpaired) electrons. The van der Waals surface area contributed by atoms with Crippen molar-refractivity contribution >= 4 is 28.9 Å². The van der Waals surface area contributed by atoms with Crippen molar-refractivity contribution in [3.8, 4) is 22.4 Å². The molecule has 0 saturated heterocycles. The van der Waals surface area contributed by atoms with Gasteiger partial charge in [0.1, 0.15) is 11.5 Å². The number of aromatic nitrogens is 5. The van der Waals surface area contributed by atoms with E-state index in [9.17, 15) is 5.11 Å². The Morgan fingerprint density at radius 1 is 1.05 bits per heavy atom. The highest BCUT2D eigenvalue weighted by atomic mass is 35.5. The zero-order valence-electron chi connectivity index (χ0n) is 22.1. The Labute approximate surface area is 226 Å². The topological polar surface area (TPSA) is 107 Å². The van der Waals surface area contributed by atoms with E-state index >= 15 is 0 Å². The van der Waals surface area contributed by atoms with Crippen molar-refractivity contribution in [2.75, 3.05) is 0 Å². The van der Waals surface area contributed by atoms with Gasteiger partial charge in [-0.25, -0.2) is 15.0 Å². The van der Waals surface area contributed by atoms with Crippen molar-refractivity contribution in [1.29, 1.82) is 0 Å². The highest BCUT2D eigenvalue weighted by Gasteiger charge is 2.20. The van der Waals surface area contributed by atoms with Crippen molar-refractivity contribution < 1.29 is 5.11 Å². The highest BCUT2D eigenvalue weighted by molar-refractivity contribution is 6.30. The molecule has 194 valence electrons. The first-order chi connectivity index (χ1) is 18.0. The van der Waals surface area contributed by atoms with Crippen LogP contribution in [0.1, 0.15) is 36.4 Å². The number of amidine groups is 1. The average Bonchev–Trinajstić information content (AvgIpc) is 3.39. The van der Waals surface area contributed by atoms with Gasteiger partial charge in [-0.3, -0.25) is 9.08 Å². The lowest BCUT2D eigenvalue weighted by atomic mass is 10.0. The predicted octanol–water partition coefficient (Wildman–Crippen LogP) is 5.65. The number of aryl methyl sites for hydroxylation is 2. The first-order valence-corrected chi connectivity index (χ1v) is 12.7. The second-order valence-corrected chi connectivity index (χ2v) is 10.6. The molecule has 8 nitrogen and oxygen atoms in total. The molecular weight excluding hydrogens is 498 g/mol. The van der Waals surface area contributed by atoms with Crippen molar-refractivity contribution in [2.24, 2.45) is 10.7 Å². The van der Waals surface area contributed by atoms with Crippen LogP contribution in [0, 0.1) is 20.8 Å². The third-order valence-corrected chi connectivity index (χ3v) is 6.69. The Bertz CT molecular complexity index is 1670. The molecule has 3 N–H and O–H groups in total. The van der Waals surface area contributed by atoms with Crippen LogP contribution >= 0.6 is 11.6 Å². The fraction of sp³-hybridized carbons (Fsp3) is 0.241. The second kappa shape index (κ2) is 9.70. The van der Waals surface area contributed by atoms with Crippen LogP contribution in [0.25, 0.3) is 28.0 Å². The second-order valence-electron chi connectivity index (χ2n) is 10.2. The maximum atomic E-state index is 10.3. The van der Waals surface area contributed by atoms with E-state index in [1.807, 2.05) is 49.0 Å². The fourth-order valence-electron chi connectivity index (χ4n) is 4.64. The van der Waals surface area contributed by atoms with Gasteiger partial charge in [-0.1, -0.05) is 23.7 Å². The zero-order chi connectivity index (χ0) is 27.2. The zero-order valence-corrected chi connectivity index (χ0v) is 22.8. The summed E-state index contributed by atoms with van der Waals surface area (Å²) in [6, 6.07) is 13.5. The van der Waals surface area contributed by atoms with Gasteiger partial charge in [0.15, 0.2) is 5.82 Å². The van der Waals surface area contributed by atoms with E-state index in [1.54, 1.807) is 32.2 Å². The van der Waals surface area contributed by atoms with Gasteiger partial charge in [-0.2, -0.15) is 5.10 Å². The van der Waals surface area contributed by atoms with Crippen LogP contribution in [0.2, 0.25) is 5.02 Å². The number of aliphatic hydroxyl groups is 1. The van der Waals surface area contributed by atoms with Gasteiger partial charge < -0.3 is 10.8 Å². The molecular formula is C29H30ClN7O. The summed E-state index contributed by atoms with van der Waals surface area (Å²) in [5.74, 6) is 0.852. The van der Waals surface area contributed by atoms with Gasteiger partial charge in [-0.05, 0) is 70.5 Å². The molecule has 0 amide bonds. The van der Waals surface area contributed by atoms with Gasteiger partial charge in [-0.15, -0.1) is 0 Å². The molecule has 0 aliphatic heterocycles. The molecule has 0 atom stereocenters. The summed E-state index contributed by atoms with van der Waals surface area (Å²) >= 11 is 5.94. The first-order valence-electron chi connectivity index (χ1n) is 12.3. The first kappa shape index (κ1) is 25.6. The van der Waals surface area contributed by atoms with Gasteiger partial charge in [0.05, 0.1) is 34.8 Å². The van der Waals surface area contributed by atoms with Crippen LogP contribution in [0.5, 0.6) is 0 Å². The molecule has 0 fully saturated rings. The van der Waals surface area contributed by atoms with E-state index in [0.717, 1.165) is 50.5 Å². The third-order valence-electron chi connectivity index (χ3n) is 6.47. The molecule has 0 aliphatic carbocycles. The summed E-state index contributed by atoms with van der Waals surface area (Å²) in [7, 11) is 0. The average molecular weight is 528 g/mol. The van der Waals surface area contributed by atoms with Crippen LogP contribution in [-0.2, 0) is 6.54 Å². The number of aliphatic imine (C=N–C) groups is 1. The molecule has 38 heavy (non-hydrogen) atoms. The predicted molar refractivity (Wildman–Crippen MR) is 152 cm³/mol. The monoisotopic (exact) mass is 527 g/mol. The minimum atomic E-state index is -0.862. The smallest absolute Gasteiger partial charge is 0.154 e. The fourth-order valence-corrected chi connectivity index (χ4v) is 4.75. The van der Waals surface area contributed by atoms with E-state index in [2.05, 4.69) is 38.5 Å². The quantitative estimate of drug-likeness (QED) is 0.219. The highest BCUT2D eigenvalue weighted by Crippen LogP contribution is 2.31. The number of nitrogens with two attached hydrogens (primary N) is 1. The van der Waals surface area contributed by atoms with Gasteiger partial charge in [0.25, 0.3) is 0 Å². The number of pyridine rings is 2. The maximum Gasteiger partial charge on any atom is 0.154 e. The number of imidazole rings is 1. The summed E-state index contributed by atoms with van der Waals surface area (Å²) in [6.45, 7) is 10.1. The largest absolute Gasteiger partial charge is 0.389 e. The van der Waals surface area contributed by atoms with E-state index < -0.39 is 5.60 Å². The lowest BCUT2D eigenvalue weighted by molar-refractivity contribution is 0.0570. The molecule has 0 bridgehead atoms. The lowest BCUT2D eigenvalue weighted by Gasteiger charge is -2.18. The maximum absolute atomic E-state index is 10.3. The van der Waals surface area contributed by atoms with Gasteiger partial charge >= 0.3 is 0 Å². The molecule has 0 unspecified atom stereocenters. The van der Waals surface area contributed by atoms with Crippen LogP contribution < -0.4 is 5.73 Å². The summed E-state index contributed by atoms with van der Waals surface area (Å²) < 4.78 is 3.96. The van der Waals surface area contributed by atoms with Crippen molar-refractivity contribution in [3.63, 3.8) is 0 Å². The third kappa shape index (κ3) is 5.05. The van der Waals surface area contributed by atoms with Crippen LogP contribution in [-0.4, -0.2) is 40.7 Å². The van der Waals surface area contributed by atoms with Crippen LogP contribution in [0.15, 0.2) is 66.0 Å². The Hall–Kier alpha value is -4.01. The minimum Gasteiger partial charge on any atom is -0.389 e. The molecule has 5 aromatic rings. The lowest BCUT2D eigenvalue weighted by Crippen LogP contribution is -2.27. The van der Waals surface area contributed by atoms with Crippen molar-refractivity contribution in [3.05, 3.63) is 88.6 Å². The van der Waals surface area contributed by atoms with Crippen molar-refractivity contribution in [2.45, 2.75) is 46.8 Å². The van der Waals surface area contributed by atoms with E-state index in [1.165, 1.54) is 0 Å². The normalized spacial score (nSPS) is 12.4. The molecule has 4 aromatic heterocycles. The Balaban J connectivity index is 1.57. The molecule has 9 heteroatoms. The molecule has 1 aromatic carbocycles. The van der Waals surface area contributed by atoms with Crippen LogP contribution in [0.4, 0.5) is 5.82 Å². The molecule has 0 spiro atoms.